The Morgan fingerprint density at radius 2 is 1.57 bits per heavy atom. The van der Waals surface area contributed by atoms with Crippen molar-refractivity contribution in [3.8, 4) is 0 Å². The predicted molar refractivity (Wildman–Crippen MR) is 91.4 cm³/mol. The molecule has 21 heavy (non-hydrogen) atoms. The highest BCUT2D eigenvalue weighted by Crippen LogP contribution is 2.15. The molecule has 0 bridgehead atoms. The van der Waals surface area contributed by atoms with Crippen LogP contribution in [0.15, 0.2) is 60.7 Å². The molecule has 1 heterocycles. The van der Waals surface area contributed by atoms with E-state index in [-0.39, 0.29) is 0 Å². The zero-order valence-electron chi connectivity index (χ0n) is 12.0. The van der Waals surface area contributed by atoms with E-state index in [4.69, 9.17) is 12.2 Å². The van der Waals surface area contributed by atoms with Gasteiger partial charge in [0.2, 0.25) is 0 Å². The molecule has 0 radical (unpaired) electrons. The van der Waals surface area contributed by atoms with Gasteiger partial charge in [0.05, 0.1) is 13.1 Å². The van der Waals surface area contributed by atoms with Crippen LogP contribution in [0.5, 0.6) is 0 Å². The van der Waals surface area contributed by atoms with Crippen LogP contribution in [0, 0.1) is 0 Å². The molecular formula is C18H19N2S+. The Morgan fingerprint density at radius 3 is 2.14 bits per heavy atom. The van der Waals surface area contributed by atoms with Crippen molar-refractivity contribution in [3.05, 3.63) is 71.8 Å². The number of rotatable bonds is 0. The molecule has 0 unspecified atom stereocenters. The van der Waals surface area contributed by atoms with Crippen molar-refractivity contribution in [2.24, 2.45) is 0 Å². The summed E-state index contributed by atoms with van der Waals surface area (Å²) >= 11 is 5.56. The Hall–Kier alpha value is -2.00. The molecule has 1 N–H and O–H groups in total. The van der Waals surface area contributed by atoms with Crippen molar-refractivity contribution >= 4 is 23.0 Å². The van der Waals surface area contributed by atoms with Gasteiger partial charge in [-0.2, -0.15) is 0 Å². The summed E-state index contributed by atoms with van der Waals surface area (Å²) in [5.41, 5.74) is 4.93. The van der Waals surface area contributed by atoms with Crippen LogP contribution in [-0.4, -0.2) is 28.8 Å². The summed E-state index contributed by atoms with van der Waals surface area (Å²) in [6.07, 6.45) is 10.1. The van der Waals surface area contributed by atoms with Crippen molar-refractivity contribution < 1.29 is 4.99 Å². The van der Waals surface area contributed by atoms with Gasteiger partial charge >= 0.3 is 5.11 Å². The molecule has 0 atom stereocenters. The summed E-state index contributed by atoms with van der Waals surface area (Å²) in [6, 6.07) is 8.68. The molecule has 1 aliphatic carbocycles. The molecule has 1 aliphatic heterocycles. The lowest BCUT2D eigenvalue weighted by atomic mass is 10.0. The molecule has 0 saturated heterocycles. The molecule has 2 aliphatic rings. The van der Waals surface area contributed by atoms with Crippen LogP contribution in [0.4, 0.5) is 0 Å². The maximum absolute atomic E-state index is 5.56. The first-order valence-electron chi connectivity index (χ1n) is 7.27. The molecule has 3 rings (SSSR count). The molecule has 1 aromatic carbocycles. The Labute approximate surface area is 131 Å². The van der Waals surface area contributed by atoms with Crippen LogP contribution in [0.25, 0.3) is 0 Å². The van der Waals surface area contributed by atoms with Gasteiger partial charge < -0.3 is 0 Å². The average molecular weight is 295 g/mol. The Morgan fingerprint density at radius 1 is 1.00 bits per heavy atom. The number of nitrogens with one attached hydrogen (secondary N) is 1. The number of thiocarbonyl (C=S) groups is 1. The van der Waals surface area contributed by atoms with Crippen LogP contribution < -0.4 is 4.99 Å². The van der Waals surface area contributed by atoms with Gasteiger partial charge in [0, 0.05) is 25.1 Å². The van der Waals surface area contributed by atoms with Crippen LogP contribution >= 0.6 is 12.2 Å². The van der Waals surface area contributed by atoms with Gasteiger partial charge in [0.25, 0.3) is 0 Å². The van der Waals surface area contributed by atoms with E-state index in [1.54, 1.807) is 0 Å². The van der Waals surface area contributed by atoms with E-state index >= 15 is 0 Å². The maximum atomic E-state index is 5.56. The lowest BCUT2D eigenvalue weighted by Crippen LogP contribution is -2.80. The van der Waals surface area contributed by atoms with Crippen molar-refractivity contribution in [1.29, 1.82) is 0 Å². The third-order valence-corrected chi connectivity index (χ3v) is 4.27. The summed E-state index contributed by atoms with van der Waals surface area (Å²) < 4.78 is 0. The number of hydrogen-bond acceptors (Lipinski definition) is 1. The monoisotopic (exact) mass is 295 g/mol. The number of nitrogens with zero attached hydrogens (tertiary/aromatic N) is 1. The molecule has 106 valence electrons. The number of allylic oxidation sites excluding steroid dienone is 5. The zero-order valence-corrected chi connectivity index (χ0v) is 12.8. The van der Waals surface area contributed by atoms with E-state index in [0.717, 1.165) is 42.3 Å². The fourth-order valence-corrected chi connectivity index (χ4v) is 2.96. The minimum Gasteiger partial charge on any atom is -0.251 e. The van der Waals surface area contributed by atoms with Gasteiger partial charge in [0.15, 0.2) is 0 Å². The predicted octanol–water partition coefficient (Wildman–Crippen LogP) is 1.58. The lowest BCUT2D eigenvalue weighted by molar-refractivity contribution is -0.323. The molecule has 0 spiro atoms. The van der Waals surface area contributed by atoms with Crippen LogP contribution in [0.2, 0.25) is 0 Å². The Bertz CT molecular complexity index is 623. The average Bonchev–Trinajstić information content (AvgIpc) is 2.72. The normalized spacial score (nSPS) is 17.4. The summed E-state index contributed by atoms with van der Waals surface area (Å²) in [5, 5.41) is 0.805. The largest absolute Gasteiger partial charge is 0.344 e. The minimum absolute atomic E-state index is 0.805. The van der Waals surface area contributed by atoms with E-state index in [1.807, 2.05) is 24.3 Å². The van der Waals surface area contributed by atoms with Crippen LogP contribution in [0.3, 0.4) is 0 Å². The van der Waals surface area contributed by atoms with E-state index < -0.39 is 0 Å². The standard InChI is InChI=1S/C18H18N2S/c1-14-6-8-17(9-7-14)19-18(21)20-12-10-15-4-2-3-5-16(15)11-13-20/h2-9H,1,10-13H2/p+1. The van der Waals surface area contributed by atoms with Gasteiger partial charge in [0.1, 0.15) is 5.71 Å². The van der Waals surface area contributed by atoms with Crippen molar-refractivity contribution in [1.82, 2.24) is 4.90 Å². The van der Waals surface area contributed by atoms with Gasteiger partial charge in [-0.1, -0.05) is 43.0 Å². The smallest absolute Gasteiger partial charge is 0.251 e. The molecular weight excluding hydrogens is 276 g/mol. The van der Waals surface area contributed by atoms with Gasteiger partial charge in [-0.3, -0.25) is 4.90 Å². The Kier molecular flexibility index (Phi) is 4.11. The zero-order chi connectivity index (χ0) is 14.7. The third-order valence-electron chi connectivity index (χ3n) is 3.91. The van der Waals surface area contributed by atoms with Crippen LogP contribution in [0.1, 0.15) is 11.1 Å². The summed E-state index contributed by atoms with van der Waals surface area (Å²) in [5.74, 6) is 0. The maximum Gasteiger partial charge on any atom is 0.344 e. The topological polar surface area (TPSA) is 17.2 Å². The van der Waals surface area contributed by atoms with E-state index in [0.29, 0.717) is 0 Å². The number of benzene rings is 1. The van der Waals surface area contributed by atoms with Gasteiger partial charge in [-0.25, -0.2) is 4.99 Å². The third kappa shape index (κ3) is 3.37. The quantitative estimate of drug-likeness (QED) is 0.732. The highest BCUT2D eigenvalue weighted by atomic mass is 32.1. The first-order valence-corrected chi connectivity index (χ1v) is 7.68. The van der Waals surface area contributed by atoms with Gasteiger partial charge in [-0.05, 0) is 28.9 Å². The Balaban J connectivity index is 1.70. The van der Waals surface area contributed by atoms with Gasteiger partial charge in [-0.15, -0.1) is 0 Å². The summed E-state index contributed by atoms with van der Waals surface area (Å²) in [4.78, 5) is 5.58. The summed E-state index contributed by atoms with van der Waals surface area (Å²) in [7, 11) is 0. The second-order valence-electron chi connectivity index (χ2n) is 5.38. The fraction of sp³-hybridized carbons (Fsp3) is 0.222. The molecule has 0 saturated carbocycles. The second kappa shape index (κ2) is 6.19. The molecule has 0 fully saturated rings. The van der Waals surface area contributed by atoms with E-state index in [9.17, 15) is 0 Å². The molecule has 0 amide bonds. The number of hydrogen-bond donors (Lipinski definition) is 1. The minimum atomic E-state index is 0.805. The molecule has 1 aromatic rings. The fourth-order valence-electron chi connectivity index (χ4n) is 2.66. The molecule has 3 heteroatoms. The van der Waals surface area contributed by atoms with E-state index in [1.165, 1.54) is 11.1 Å². The van der Waals surface area contributed by atoms with Crippen molar-refractivity contribution in [2.45, 2.75) is 12.8 Å². The van der Waals surface area contributed by atoms with E-state index in [2.05, 4.69) is 40.7 Å². The van der Waals surface area contributed by atoms with Crippen LogP contribution in [-0.2, 0) is 12.8 Å². The summed E-state index contributed by atoms with van der Waals surface area (Å²) in [6.45, 7) is 5.83. The molecule has 2 nitrogen and oxygen atoms in total. The number of fused-ring (bicyclic) bond motifs is 1. The SMILES string of the molecule is C=C1C=CC(=[NH+]C(=S)N2CCc3ccccc3CC2)C=C1. The molecule has 0 aromatic heterocycles. The lowest BCUT2D eigenvalue weighted by Gasteiger charge is -2.12. The highest BCUT2D eigenvalue weighted by molar-refractivity contribution is 7.79. The second-order valence-corrected chi connectivity index (χ2v) is 5.77. The highest BCUT2D eigenvalue weighted by Gasteiger charge is 2.21. The first-order chi connectivity index (χ1) is 10.2. The van der Waals surface area contributed by atoms with Crippen molar-refractivity contribution in [2.75, 3.05) is 13.1 Å². The first kappa shape index (κ1) is 14.0. The van der Waals surface area contributed by atoms with Crippen molar-refractivity contribution in [3.63, 3.8) is 0 Å².